The Kier molecular flexibility index (Phi) is 4.08. The van der Waals surface area contributed by atoms with Crippen molar-refractivity contribution in [2.45, 2.75) is 33.2 Å². The van der Waals surface area contributed by atoms with Crippen molar-refractivity contribution in [2.24, 2.45) is 18.7 Å². The molecule has 0 fully saturated rings. The molecule has 0 aliphatic carbocycles. The molecule has 0 saturated heterocycles. The van der Waals surface area contributed by atoms with Gasteiger partial charge >= 0.3 is 6.01 Å². The SMILES string of the molecule is CC(C)COc1nc(CC(C)N)n(C)n1. The van der Waals surface area contributed by atoms with Gasteiger partial charge in [0, 0.05) is 19.5 Å². The second-order valence-electron chi connectivity index (χ2n) is 4.32. The predicted octanol–water partition coefficient (Wildman–Crippen LogP) is 0.740. The monoisotopic (exact) mass is 212 g/mol. The standard InChI is InChI=1S/C10H20N4O/c1-7(2)6-15-10-12-9(5-8(3)11)14(4)13-10/h7-8H,5-6,11H2,1-4H3. The zero-order chi connectivity index (χ0) is 11.4. The molecule has 5 heteroatoms. The smallest absolute Gasteiger partial charge is 0.335 e. The zero-order valence-electron chi connectivity index (χ0n) is 9.90. The van der Waals surface area contributed by atoms with Crippen molar-refractivity contribution in [1.29, 1.82) is 0 Å². The normalized spacial score (nSPS) is 13.2. The fourth-order valence-corrected chi connectivity index (χ4v) is 1.16. The third kappa shape index (κ3) is 3.87. The summed E-state index contributed by atoms with van der Waals surface area (Å²) in [7, 11) is 1.85. The molecule has 1 rings (SSSR count). The fourth-order valence-electron chi connectivity index (χ4n) is 1.16. The van der Waals surface area contributed by atoms with E-state index in [1.165, 1.54) is 0 Å². The van der Waals surface area contributed by atoms with Crippen LogP contribution in [0.4, 0.5) is 0 Å². The summed E-state index contributed by atoms with van der Waals surface area (Å²) >= 11 is 0. The summed E-state index contributed by atoms with van der Waals surface area (Å²) in [6, 6.07) is 0.535. The van der Waals surface area contributed by atoms with Crippen LogP contribution in [0.25, 0.3) is 0 Å². The first-order valence-corrected chi connectivity index (χ1v) is 5.27. The van der Waals surface area contributed by atoms with Crippen molar-refractivity contribution >= 4 is 0 Å². The molecule has 1 unspecified atom stereocenters. The Morgan fingerprint density at radius 3 is 2.60 bits per heavy atom. The van der Waals surface area contributed by atoms with E-state index in [0.717, 1.165) is 5.82 Å². The first-order chi connectivity index (χ1) is 6.99. The number of aryl methyl sites for hydroxylation is 1. The van der Waals surface area contributed by atoms with Crippen LogP contribution in [-0.2, 0) is 13.5 Å². The van der Waals surface area contributed by atoms with Crippen LogP contribution >= 0.6 is 0 Å². The van der Waals surface area contributed by atoms with E-state index in [2.05, 4.69) is 23.9 Å². The van der Waals surface area contributed by atoms with E-state index >= 15 is 0 Å². The van der Waals surface area contributed by atoms with Gasteiger partial charge in [0.05, 0.1) is 6.61 Å². The lowest BCUT2D eigenvalue weighted by Gasteiger charge is -2.03. The average molecular weight is 212 g/mol. The molecule has 0 aliphatic rings. The van der Waals surface area contributed by atoms with Gasteiger partial charge in [-0.25, -0.2) is 4.68 Å². The third-order valence-corrected chi connectivity index (χ3v) is 1.88. The van der Waals surface area contributed by atoms with Gasteiger partial charge in [0.1, 0.15) is 5.82 Å². The summed E-state index contributed by atoms with van der Waals surface area (Å²) in [5, 5.41) is 4.16. The number of aromatic nitrogens is 3. The van der Waals surface area contributed by atoms with Gasteiger partial charge in [0.25, 0.3) is 0 Å². The maximum Gasteiger partial charge on any atom is 0.335 e. The van der Waals surface area contributed by atoms with E-state index in [1.54, 1.807) is 4.68 Å². The van der Waals surface area contributed by atoms with Crippen LogP contribution in [0, 0.1) is 5.92 Å². The summed E-state index contributed by atoms with van der Waals surface area (Å²) in [6.07, 6.45) is 0.717. The molecule has 1 heterocycles. The lowest BCUT2D eigenvalue weighted by atomic mass is 10.2. The molecule has 0 amide bonds. The van der Waals surface area contributed by atoms with E-state index in [0.29, 0.717) is 25.0 Å². The largest absolute Gasteiger partial charge is 0.462 e. The predicted molar refractivity (Wildman–Crippen MR) is 58.7 cm³/mol. The highest BCUT2D eigenvalue weighted by Crippen LogP contribution is 2.07. The summed E-state index contributed by atoms with van der Waals surface area (Å²) in [6.45, 7) is 6.77. The van der Waals surface area contributed by atoms with Gasteiger partial charge in [0.2, 0.25) is 0 Å². The molecule has 0 bridgehead atoms. The van der Waals surface area contributed by atoms with Crippen LogP contribution < -0.4 is 10.5 Å². The Labute approximate surface area is 90.6 Å². The Balaban J connectivity index is 2.60. The molecule has 2 N–H and O–H groups in total. The van der Waals surface area contributed by atoms with Crippen LogP contribution in [0.5, 0.6) is 6.01 Å². The van der Waals surface area contributed by atoms with Crippen LogP contribution in [-0.4, -0.2) is 27.4 Å². The Morgan fingerprint density at radius 1 is 1.40 bits per heavy atom. The van der Waals surface area contributed by atoms with Gasteiger partial charge in [-0.2, -0.15) is 4.98 Å². The summed E-state index contributed by atoms with van der Waals surface area (Å²) in [5.41, 5.74) is 5.70. The number of nitrogens with two attached hydrogens (primary N) is 1. The fraction of sp³-hybridized carbons (Fsp3) is 0.800. The van der Waals surface area contributed by atoms with E-state index in [-0.39, 0.29) is 6.04 Å². The summed E-state index contributed by atoms with van der Waals surface area (Å²) in [5.74, 6) is 1.34. The first kappa shape index (κ1) is 12.0. The molecule has 15 heavy (non-hydrogen) atoms. The molecule has 5 nitrogen and oxygen atoms in total. The van der Waals surface area contributed by atoms with E-state index in [4.69, 9.17) is 10.5 Å². The van der Waals surface area contributed by atoms with Gasteiger partial charge in [0.15, 0.2) is 0 Å². The van der Waals surface area contributed by atoms with Gasteiger partial charge in [-0.05, 0) is 12.8 Å². The van der Waals surface area contributed by atoms with E-state index in [1.807, 2.05) is 14.0 Å². The van der Waals surface area contributed by atoms with Crippen molar-refractivity contribution in [1.82, 2.24) is 14.8 Å². The number of rotatable bonds is 5. The highest BCUT2D eigenvalue weighted by Gasteiger charge is 2.10. The Bertz CT molecular complexity index is 306. The van der Waals surface area contributed by atoms with Crippen molar-refractivity contribution in [2.75, 3.05) is 6.61 Å². The topological polar surface area (TPSA) is 66.0 Å². The van der Waals surface area contributed by atoms with Crippen molar-refractivity contribution in [3.8, 4) is 6.01 Å². The van der Waals surface area contributed by atoms with Crippen LogP contribution in [0.1, 0.15) is 26.6 Å². The minimum absolute atomic E-state index is 0.0887. The van der Waals surface area contributed by atoms with Crippen molar-refractivity contribution in [3.05, 3.63) is 5.82 Å². The first-order valence-electron chi connectivity index (χ1n) is 5.27. The molecule has 1 atom stereocenters. The molecule has 0 radical (unpaired) electrons. The molecule has 1 aromatic rings. The number of ether oxygens (including phenoxy) is 1. The molecule has 0 aromatic carbocycles. The minimum Gasteiger partial charge on any atom is -0.462 e. The molecular weight excluding hydrogens is 192 g/mol. The lowest BCUT2D eigenvalue weighted by molar-refractivity contribution is 0.250. The minimum atomic E-state index is 0.0887. The van der Waals surface area contributed by atoms with Crippen LogP contribution in [0.2, 0.25) is 0 Å². The van der Waals surface area contributed by atoms with E-state index < -0.39 is 0 Å². The van der Waals surface area contributed by atoms with Gasteiger partial charge in [-0.15, -0.1) is 5.10 Å². The Hall–Kier alpha value is -1.10. The van der Waals surface area contributed by atoms with Crippen LogP contribution in [0.3, 0.4) is 0 Å². The molecular formula is C10H20N4O. The third-order valence-electron chi connectivity index (χ3n) is 1.88. The quantitative estimate of drug-likeness (QED) is 0.781. The van der Waals surface area contributed by atoms with Gasteiger partial charge in [-0.3, -0.25) is 0 Å². The number of nitrogens with zero attached hydrogens (tertiary/aromatic N) is 3. The molecule has 0 spiro atoms. The number of hydrogen-bond donors (Lipinski definition) is 1. The van der Waals surface area contributed by atoms with Crippen molar-refractivity contribution < 1.29 is 4.74 Å². The lowest BCUT2D eigenvalue weighted by Crippen LogP contribution is -2.20. The zero-order valence-corrected chi connectivity index (χ0v) is 9.90. The van der Waals surface area contributed by atoms with Gasteiger partial charge in [-0.1, -0.05) is 13.8 Å². The number of hydrogen-bond acceptors (Lipinski definition) is 4. The van der Waals surface area contributed by atoms with Crippen LogP contribution in [0.15, 0.2) is 0 Å². The highest BCUT2D eigenvalue weighted by atomic mass is 16.5. The maximum atomic E-state index is 5.70. The second kappa shape index (κ2) is 5.11. The summed E-state index contributed by atoms with van der Waals surface area (Å²) in [4.78, 5) is 4.27. The Morgan fingerprint density at radius 2 is 2.07 bits per heavy atom. The molecule has 1 aromatic heterocycles. The average Bonchev–Trinajstić information content (AvgIpc) is 2.43. The maximum absolute atomic E-state index is 5.70. The second-order valence-corrected chi connectivity index (χ2v) is 4.32. The highest BCUT2D eigenvalue weighted by molar-refractivity contribution is 4.98. The molecule has 86 valence electrons. The summed E-state index contributed by atoms with van der Waals surface area (Å²) < 4.78 is 7.15. The van der Waals surface area contributed by atoms with Gasteiger partial charge < -0.3 is 10.5 Å². The molecule has 0 aliphatic heterocycles. The molecule has 0 saturated carbocycles. The van der Waals surface area contributed by atoms with Crippen molar-refractivity contribution in [3.63, 3.8) is 0 Å². The van der Waals surface area contributed by atoms with E-state index in [9.17, 15) is 0 Å².